The van der Waals surface area contributed by atoms with E-state index in [-0.39, 0.29) is 5.91 Å². The lowest BCUT2D eigenvalue weighted by atomic mass is 9.85. The Balaban J connectivity index is 1.90. The van der Waals surface area contributed by atoms with Gasteiger partial charge in [0.25, 0.3) is 0 Å². The van der Waals surface area contributed by atoms with E-state index < -0.39 is 5.41 Å². The molecule has 26 heavy (non-hydrogen) atoms. The second-order valence-electron chi connectivity index (χ2n) is 7.27. The molecule has 0 bridgehead atoms. The molecule has 5 nitrogen and oxygen atoms in total. The molecular weight excluding hydrogens is 324 g/mol. The number of aromatic nitrogens is 3. The van der Waals surface area contributed by atoms with Crippen molar-refractivity contribution in [1.29, 1.82) is 0 Å². The fourth-order valence-electron chi connectivity index (χ4n) is 3.43. The maximum Gasteiger partial charge on any atom is 0.242 e. The molecule has 0 unspecified atom stereocenters. The molecule has 0 N–H and O–H groups in total. The van der Waals surface area contributed by atoms with E-state index in [0.29, 0.717) is 5.82 Å². The molecule has 0 atom stereocenters. The summed E-state index contributed by atoms with van der Waals surface area (Å²) in [5, 5.41) is 0. The van der Waals surface area contributed by atoms with Gasteiger partial charge in [-0.2, -0.15) is 0 Å². The molecule has 1 aromatic carbocycles. The third-order valence-corrected chi connectivity index (χ3v) is 4.83. The molecule has 0 saturated carbocycles. The molecule has 0 aliphatic carbocycles. The molecule has 3 aromatic rings. The summed E-state index contributed by atoms with van der Waals surface area (Å²) in [6.07, 6.45) is 6.99. The van der Waals surface area contributed by atoms with Gasteiger partial charge in [0, 0.05) is 24.2 Å². The Morgan fingerprint density at radius 1 is 0.923 bits per heavy atom. The maximum absolute atomic E-state index is 13.1. The number of anilines is 2. The first-order valence-corrected chi connectivity index (χ1v) is 8.58. The van der Waals surface area contributed by atoms with Gasteiger partial charge in [0.2, 0.25) is 5.91 Å². The van der Waals surface area contributed by atoms with E-state index in [1.54, 1.807) is 17.3 Å². The molecule has 3 heterocycles. The first kappa shape index (κ1) is 16.4. The molecule has 5 heteroatoms. The second kappa shape index (κ2) is 5.73. The molecule has 2 aromatic heterocycles. The predicted octanol–water partition coefficient (Wildman–Crippen LogP) is 4.11. The maximum atomic E-state index is 13.1. The summed E-state index contributed by atoms with van der Waals surface area (Å²) in [6, 6.07) is 8.22. The average Bonchev–Trinajstić information content (AvgIpc) is 2.81. The SMILES string of the molecule is Cc1cncc(-c2ccc3c(c2)N(c2cncc(C)n2)C(=O)C3(C)C)c1. The average molecular weight is 344 g/mol. The Bertz CT molecular complexity index is 1030. The molecular formula is C21H20N4O. The fraction of sp³-hybridized carbons (Fsp3) is 0.238. The monoisotopic (exact) mass is 344 g/mol. The lowest BCUT2D eigenvalue weighted by molar-refractivity contribution is -0.121. The second-order valence-corrected chi connectivity index (χ2v) is 7.27. The van der Waals surface area contributed by atoms with E-state index in [1.807, 2.05) is 52.2 Å². The zero-order valence-corrected chi connectivity index (χ0v) is 15.3. The smallest absolute Gasteiger partial charge is 0.242 e. The van der Waals surface area contributed by atoms with Crippen molar-refractivity contribution in [2.75, 3.05) is 4.90 Å². The zero-order chi connectivity index (χ0) is 18.5. The minimum absolute atomic E-state index is 0.00640. The number of rotatable bonds is 2. The number of carbonyl (C=O) groups is 1. The third kappa shape index (κ3) is 2.47. The highest BCUT2D eigenvalue weighted by Crippen LogP contribution is 2.46. The van der Waals surface area contributed by atoms with Gasteiger partial charge in [-0.15, -0.1) is 0 Å². The molecule has 1 amide bonds. The van der Waals surface area contributed by atoms with Gasteiger partial charge in [-0.05, 0) is 56.5 Å². The summed E-state index contributed by atoms with van der Waals surface area (Å²) in [6.45, 7) is 7.79. The van der Waals surface area contributed by atoms with E-state index in [9.17, 15) is 4.79 Å². The number of fused-ring (bicyclic) bond motifs is 1. The van der Waals surface area contributed by atoms with Crippen molar-refractivity contribution in [3.05, 3.63) is 65.9 Å². The van der Waals surface area contributed by atoms with Crippen LogP contribution in [0.15, 0.2) is 49.1 Å². The highest BCUT2D eigenvalue weighted by Gasteiger charge is 2.45. The summed E-state index contributed by atoms with van der Waals surface area (Å²) in [7, 11) is 0. The quantitative estimate of drug-likeness (QED) is 0.702. The normalized spacial score (nSPS) is 15.2. The van der Waals surface area contributed by atoms with Crippen molar-refractivity contribution < 1.29 is 4.79 Å². The van der Waals surface area contributed by atoms with Crippen LogP contribution in [0, 0.1) is 13.8 Å². The van der Waals surface area contributed by atoms with E-state index >= 15 is 0 Å². The number of aryl methyl sites for hydroxylation is 2. The van der Waals surface area contributed by atoms with Crippen molar-refractivity contribution in [3.8, 4) is 11.1 Å². The minimum Gasteiger partial charge on any atom is -0.273 e. The number of hydrogen-bond donors (Lipinski definition) is 0. The van der Waals surface area contributed by atoms with E-state index in [2.05, 4.69) is 27.1 Å². The largest absolute Gasteiger partial charge is 0.273 e. The number of pyridine rings is 1. The number of benzene rings is 1. The van der Waals surface area contributed by atoms with E-state index in [4.69, 9.17) is 0 Å². The Morgan fingerprint density at radius 2 is 1.69 bits per heavy atom. The molecule has 0 fully saturated rings. The lowest BCUT2D eigenvalue weighted by Gasteiger charge is -2.19. The molecule has 4 rings (SSSR count). The summed E-state index contributed by atoms with van der Waals surface area (Å²) in [5.74, 6) is 0.563. The Labute approximate surface area is 152 Å². The molecule has 1 aliphatic heterocycles. The topological polar surface area (TPSA) is 59.0 Å². The van der Waals surface area contributed by atoms with Gasteiger partial charge in [0.15, 0.2) is 5.82 Å². The first-order valence-electron chi connectivity index (χ1n) is 8.58. The highest BCUT2D eigenvalue weighted by atomic mass is 16.2. The van der Waals surface area contributed by atoms with Gasteiger partial charge in [-0.3, -0.25) is 19.7 Å². The van der Waals surface area contributed by atoms with Crippen molar-refractivity contribution in [2.45, 2.75) is 33.1 Å². The molecule has 130 valence electrons. The van der Waals surface area contributed by atoms with Gasteiger partial charge in [-0.1, -0.05) is 12.1 Å². The Hall–Kier alpha value is -3.08. The molecule has 0 saturated heterocycles. The minimum atomic E-state index is -0.607. The third-order valence-electron chi connectivity index (χ3n) is 4.83. The van der Waals surface area contributed by atoms with Crippen molar-refractivity contribution in [2.24, 2.45) is 0 Å². The summed E-state index contributed by atoms with van der Waals surface area (Å²) in [4.78, 5) is 27.8. The van der Waals surface area contributed by atoms with Crippen LogP contribution in [0.5, 0.6) is 0 Å². The summed E-state index contributed by atoms with van der Waals surface area (Å²) < 4.78 is 0. The van der Waals surface area contributed by atoms with Gasteiger partial charge >= 0.3 is 0 Å². The Morgan fingerprint density at radius 3 is 2.42 bits per heavy atom. The van der Waals surface area contributed by atoms with Crippen molar-refractivity contribution >= 4 is 17.4 Å². The van der Waals surface area contributed by atoms with Crippen molar-refractivity contribution in [1.82, 2.24) is 15.0 Å². The van der Waals surface area contributed by atoms with E-state index in [0.717, 1.165) is 33.6 Å². The van der Waals surface area contributed by atoms with Gasteiger partial charge in [0.1, 0.15) is 0 Å². The predicted molar refractivity (Wildman–Crippen MR) is 101 cm³/mol. The number of nitrogens with zero attached hydrogens (tertiary/aromatic N) is 4. The molecule has 1 aliphatic rings. The lowest BCUT2D eigenvalue weighted by Crippen LogP contribution is -2.33. The zero-order valence-electron chi connectivity index (χ0n) is 15.3. The van der Waals surface area contributed by atoms with Crippen LogP contribution in [0.25, 0.3) is 11.1 Å². The van der Waals surface area contributed by atoms with Crippen LogP contribution in [0.3, 0.4) is 0 Å². The van der Waals surface area contributed by atoms with Crippen LogP contribution in [-0.2, 0) is 10.2 Å². The summed E-state index contributed by atoms with van der Waals surface area (Å²) in [5.41, 5.74) is 5.18. The molecule has 0 radical (unpaired) electrons. The van der Waals surface area contributed by atoms with Crippen LogP contribution >= 0.6 is 0 Å². The van der Waals surface area contributed by atoms with Crippen LogP contribution in [0.1, 0.15) is 30.7 Å². The first-order chi connectivity index (χ1) is 12.4. The fourth-order valence-corrected chi connectivity index (χ4v) is 3.43. The number of carbonyl (C=O) groups excluding carboxylic acids is 1. The standard InChI is InChI=1S/C21H20N4O/c1-13-7-16(11-22-9-13)15-5-6-17-18(8-15)25(20(26)21(17,3)4)19-12-23-10-14(2)24-19/h5-12H,1-4H3. The van der Waals surface area contributed by atoms with Crippen LogP contribution in [0.4, 0.5) is 11.5 Å². The van der Waals surface area contributed by atoms with Gasteiger partial charge < -0.3 is 0 Å². The number of amides is 1. The van der Waals surface area contributed by atoms with Crippen molar-refractivity contribution in [3.63, 3.8) is 0 Å². The highest BCUT2D eigenvalue weighted by molar-refractivity contribution is 6.12. The summed E-state index contributed by atoms with van der Waals surface area (Å²) >= 11 is 0. The Kier molecular flexibility index (Phi) is 3.61. The van der Waals surface area contributed by atoms with Crippen LogP contribution in [0.2, 0.25) is 0 Å². The van der Waals surface area contributed by atoms with Gasteiger partial charge in [-0.25, -0.2) is 4.98 Å². The van der Waals surface area contributed by atoms with Crippen LogP contribution < -0.4 is 4.90 Å². The number of hydrogen-bond acceptors (Lipinski definition) is 4. The van der Waals surface area contributed by atoms with Gasteiger partial charge in [0.05, 0.1) is 23.0 Å². The van der Waals surface area contributed by atoms with E-state index in [1.165, 1.54) is 0 Å². The van der Waals surface area contributed by atoms with Crippen LogP contribution in [-0.4, -0.2) is 20.9 Å². The molecule has 0 spiro atoms.